The quantitative estimate of drug-likeness (QED) is 0.692. The van der Waals surface area contributed by atoms with E-state index < -0.39 is 11.7 Å². The maximum Gasteiger partial charge on any atom is 0.417 e. The predicted octanol–water partition coefficient (Wildman–Crippen LogP) is 5.19. The van der Waals surface area contributed by atoms with Gasteiger partial charge in [0.25, 0.3) is 0 Å². The van der Waals surface area contributed by atoms with Gasteiger partial charge in [0.1, 0.15) is 5.75 Å². The summed E-state index contributed by atoms with van der Waals surface area (Å²) in [4.78, 5) is 0. The fraction of sp³-hybridized carbons (Fsp3) is 0.0588. The fourth-order valence-electron chi connectivity index (χ4n) is 2.32. The Morgan fingerprint density at radius 1 is 0.875 bits per heavy atom. The molecule has 0 spiro atoms. The molecule has 0 radical (unpaired) electrons. The van der Waals surface area contributed by atoms with Crippen LogP contribution in [0.5, 0.6) is 5.75 Å². The fourth-order valence-corrected chi connectivity index (χ4v) is 2.54. The summed E-state index contributed by atoms with van der Waals surface area (Å²) >= 11 is 5.65. The minimum atomic E-state index is -4.54. The molecule has 0 unspecified atom stereocenters. The highest BCUT2D eigenvalue weighted by atomic mass is 35.5. The molecule has 0 saturated heterocycles. The highest BCUT2D eigenvalue weighted by Gasteiger charge is 2.33. The summed E-state index contributed by atoms with van der Waals surface area (Å²) in [6, 6.07) is 9.90. The molecule has 0 amide bonds. The number of hydrogen-bond donors (Lipinski definition) is 1. The van der Waals surface area contributed by atoms with Crippen molar-refractivity contribution in [1.29, 1.82) is 0 Å². The van der Waals surface area contributed by atoms with E-state index in [0.717, 1.165) is 6.07 Å². The van der Waals surface area contributed by atoms with Crippen LogP contribution >= 0.6 is 11.6 Å². The van der Waals surface area contributed by atoms with Gasteiger partial charge in [0.05, 0.1) is 23.0 Å². The Hall–Kier alpha value is -2.60. The highest BCUT2D eigenvalue weighted by molar-refractivity contribution is 6.31. The van der Waals surface area contributed by atoms with E-state index in [-0.39, 0.29) is 10.8 Å². The second kappa shape index (κ2) is 6.13. The number of phenols is 1. The van der Waals surface area contributed by atoms with Crippen molar-refractivity contribution in [1.82, 2.24) is 10.2 Å². The van der Waals surface area contributed by atoms with Gasteiger partial charge in [-0.15, -0.1) is 0 Å². The van der Waals surface area contributed by atoms with Gasteiger partial charge in [0, 0.05) is 11.1 Å². The first-order valence-corrected chi connectivity index (χ1v) is 7.21. The van der Waals surface area contributed by atoms with Crippen LogP contribution in [0.15, 0.2) is 54.9 Å². The number of nitrogens with zero attached hydrogens (tertiary/aromatic N) is 2. The molecule has 2 aromatic carbocycles. The lowest BCUT2D eigenvalue weighted by molar-refractivity contribution is -0.137. The largest absolute Gasteiger partial charge is 0.507 e. The summed E-state index contributed by atoms with van der Waals surface area (Å²) in [5.41, 5.74) is 1.01. The van der Waals surface area contributed by atoms with Crippen LogP contribution in [0, 0.1) is 0 Å². The summed E-state index contributed by atoms with van der Waals surface area (Å²) in [6.45, 7) is 0. The lowest BCUT2D eigenvalue weighted by Gasteiger charge is -2.12. The van der Waals surface area contributed by atoms with Crippen molar-refractivity contribution in [3.63, 3.8) is 0 Å². The van der Waals surface area contributed by atoms with Crippen molar-refractivity contribution in [2.24, 2.45) is 0 Å². The molecule has 1 aromatic heterocycles. The number of aromatic nitrogens is 2. The number of halogens is 4. The third-order valence-electron chi connectivity index (χ3n) is 3.50. The average Bonchev–Trinajstić information content (AvgIpc) is 2.55. The lowest BCUT2D eigenvalue weighted by atomic mass is 9.98. The number of benzene rings is 2. The van der Waals surface area contributed by atoms with Crippen LogP contribution in [0.25, 0.3) is 22.3 Å². The van der Waals surface area contributed by atoms with E-state index in [1.165, 1.54) is 36.7 Å². The van der Waals surface area contributed by atoms with Crippen molar-refractivity contribution < 1.29 is 18.3 Å². The molecular weight excluding hydrogens is 341 g/mol. The molecule has 24 heavy (non-hydrogen) atoms. The van der Waals surface area contributed by atoms with Gasteiger partial charge in [-0.3, -0.25) is 0 Å². The average molecular weight is 351 g/mol. The van der Waals surface area contributed by atoms with Gasteiger partial charge >= 0.3 is 6.18 Å². The van der Waals surface area contributed by atoms with Gasteiger partial charge in [-0.05, 0) is 41.5 Å². The summed E-state index contributed by atoms with van der Waals surface area (Å²) in [7, 11) is 0. The molecule has 3 rings (SSSR count). The van der Waals surface area contributed by atoms with Crippen LogP contribution in [0.4, 0.5) is 13.2 Å². The smallest absolute Gasteiger partial charge is 0.417 e. The summed E-state index contributed by atoms with van der Waals surface area (Å²) < 4.78 is 39.0. The van der Waals surface area contributed by atoms with Gasteiger partial charge in [0.2, 0.25) is 0 Å². The van der Waals surface area contributed by atoms with Gasteiger partial charge in [-0.1, -0.05) is 23.7 Å². The topological polar surface area (TPSA) is 46.0 Å². The van der Waals surface area contributed by atoms with Crippen LogP contribution in [0.3, 0.4) is 0 Å². The van der Waals surface area contributed by atoms with E-state index in [9.17, 15) is 18.3 Å². The molecule has 122 valence electrons. The van der Waals surface area contributed by atoms with Crippen molar-refractivity contribution in [3.8, 4) is 28.0 Å². The Morgan fingerprint density at radius 3 is 2.25 bits per heavy atom. The van der Waals surface area contributed by atoms with Crippen LogP contribution in [0.1, 0.15) is 5.56 Å². The molecule has 1 N–H and O–H groups in total. The van der Waals surface area contributed by atoms with E-state index in [4.69, 9.17) is 11.6 Å². The summed E-state index contributed by atoms with van der Waals surface area (Å²) in [6.07, 6.45) is -1.62. The molecule has 0 atom stereocenters. The number of aromatic hydroxyl groups is 1. The second-order valence-corrected chi connectivity index (χ2v) is 5.46. The minimum Gasteiger partial charge on any atom is -0.507 e. The zero-order valence-electron chi connectivity index (χ0n) is 12.0. The molecule has 0 bridgehead atoms. The van der Waals surface area contributed by atoms with E-state index in [1.54, 1.807) is 12.1 Å². The molecular formula is C17H10ClF3N2O. The number of phenolic OH excluding ortho intramolecular Hbond substituents is 1. The van der Waals surface area contributed by atoms with Crippen molar-refractivity contribution in [2.45, 2.75) is 6.18 Å². The summed E-state index contributed by atoms with van der Waals surface area (Å²) in [5.74, 6) is -0.00300. The first-order valence-electron chi connectivity index (χ1n) is 6.83. The summed E-state index contributed by atoms with van der Waals surface area (Å²) in [5, 5.41) is 17.0. The van der Waals surface area contributed by atoms with Crippen LogP contribution in [-0.4, -0.2) is 15.3 Å². The molecule has 0 fully saturated rings. The normalized spacial score (nSPS) is 11.5. The second-order valence-electron chi connectivity index (χ2n) is 5.06. The molecule has 0 aliphatic rings. The third kappa shape index (κ3) is 3.19. The third-order valence-corrected chi connectivity index (χ3v) is 3.83. The minimum absolute atomic E-state index is 0.00300. The molecule has 3 aromatic rings. The molecule has 0 aliphatic heterocycles. The first kappa shape index (κ1) is 16.3. The molecule has 0 aliphatic carbocycles. The maximum absolute atomic E-state index is 13.0. The monoisotopic (exact) mass is 350 g/mol. The maximum atomic E-state index is 13.0. The SMILES string of the molecule is Oc1ccc(-c2ccc(Cl)c(C(F)(F)F)c2)cc1-c1ccnnc1. The Bertz CT molecular complexity index is 883. The van der Waals surface area contributed by atoms with Gasteiger partial charge in [-0.25, -0.2) is 0 Å². The van der Waals surface area contributed by atoms with Crippen LogP contribution in [0.2, 0.25) is 5.02 Å². The number of hydrogen-bond acceptors (Lipinski definition) is 3. The van der Waals surface area contributed by atoms with Crippen LogP contribution in [-0.2, 0) is 6.18 Å². The molecule has 7 heteroatoms. The number of alkyl halides is 3. The standard InChI is InChI=1S/C17H10ClF3N2O/c18-15-3-1-11(8-14(15)17(19,20)21)10-2-4-16(24)13(7-10)12-5-6-22-23-9-12/h1-9,24H. The van der Waals surface area contributed by atoms with Crippen LogP contribution < -0.4 is 0 Å². The van der Waals surface area contributed by atoms with Crippen molar-refractivity contribution in [3.05, 3.63) is 65.4 Å². The Morgan fingerprint density at radius 2 is 1.58 bits per heavy atom. The van der Waals surface area contributed by atoms with Gasteiger partial charge < -0.3 is 5.11 Å². The Balaban J connectivity index is 2.12. The van der Waals surface area contributed by atoms with E-state index in [1.807, 2.05) is 0 Å². The zero-order chi connectivity index (χ0) is 17.3. The number of rotatable bonds is 2. The van der Waals surface area contributed by atoms with E-state index in [0.29, 0.717) is 22.3 Å². The first-order chi connectivity index (χ1) is 11.4. The molecule has 0 saturated carbocycles. The van der Waals surface area contributed by atoms with E-state index >= 15 is 0 Å². The van der Waals surface area contributed by atoms with Gasteiger partial charge in [-0.2, -0.15) is 23.4 Å². The molecule has 3 nitrogen and oxygen atoms in total. The lowest BCUT2D eigenvalue weighted by Crippen LogP contribution is -2.05. The Labute approximate surface area is 140 Å². The van der Waals surface area contributed by atoms with Crippen molar-refractivity contribution >= 4 is 11.6 Å². The van der Waals surface area contributed by atoms with Crippen molar-refractivity contribution in [2.75, 3.05) is 0 Å². The van der Waals surface area contributed by atoms with Gasteiger partial charge in [0.15, 0.2) is 0 Å². The zero-order valence-corrected chi connectivity index (χ0v) is 12.8. The van der Waals surface area contributed by atoms with E-state index in [2.05, 4.69) is 10.2 Å². The predicted molar refractivity (Wildman–Crippen MR) is 84.6 cm³/mol. The Kier molecular flexibility index (Phi) is 4.15. The molecule has 1 heterocycles. The highest BCUT2D eigenvalue weighted by Crippen LogP contribution is 2.39.